The van der Waals surface area contributed by atoms with E-state index in [-0.39, 0.29) is 24.1 Å². The van der Waals surface area contributed by atoms with Gasteiger partial charge in [0.05, 0.1) is 11.5 Å². The van der Waals surface area contributed by atoms with E-state index in [1.165, 1.54) is 0 Å². The predicted molar refractivity (Wildman–Crippen MR) is 94.1 cm³/mol. The van der Waals surface area contributed by atoms with Crippen LogP contribution in [0.5, 0.6) is 0 Å². The van der Waals surface area contributed by atoms with E-state index in [2.05, 4.69) is 0 Å². The summed E-state index contributed by atoms with van der Waals surface area (Å²) in [5.74, 6) is 0.210. The lowest BCUT2D eigenvalue weighted by molar-refractivity contribution is -0.141. The molecule has 0 bridgehead atoms. The second-order valence-electron chi connectivity index (χ2n) is 9.00. The lowest BCUT2D eigenvalue weighted by Gasteiger charge is -2.40. The lowest BCUT2D eigenvalue weighted by Crippen LogP contribution is -2.52. The van der Waals surface area contributed by atoms with Crippen molar-refractivity contribution >= 4 is 12.0 Å². The zero-order chi connectivity index (χ0) is 18.2. The van der Waals surface area contributed by atoms with Crippen LogP contribution in [0.1, 0.15) is 65.7 Å². The summed E-state index contributed by atoms with van der Waals surface area (Å²) in [6.07, 6.45) is 5.36. The van der Waals surface area contributed by atoms with Crippen LogP contribution in [-0.2, 0) is 9.53 Å². The first-order valence-electron chi connectivity index (χ1n) is 9.67. The minimum Gasteiger partial charge on any atom is -0.444 e. The number of rotatable bonds is 1. The molecule has 2 heterocycles. The van der Waals surface area contributed by atoms with Crippen molar-refractivity contribution < 1.29 is 19.4 Å². The van der Waals surface area contributed by atoms with Crippen molar-refractivity contribution in [1.82, 2.24) is 9.80 Å². The highest BCUT2D eigenvalue weighted by molar-refractivity contribution is 5.86. The Morgan fingerprint density at radius 1 is 1.16 bits per heavy atom. The van der Waals surface area contributed by atoms with Crippen molar-refractivity contribution in [3.63, 3.8) is 0 Å². The molecule has 142 valence electrons. The van der Waals surface area contributed by atoms with Crippen molar-refractivity contribution in [2.75, 3.05) is 19.6 Å². The fraction of sp³-hybridized carbons (Fsp3) is 0.895. The van der Waals surface area contributed by atoms with Gasteiger partial charge in [0.25, 0.3) is 0 Å². The molecule has 0 radical (unpaired) electrons. The first-order chi connectivity index (χ1) is 11.7. The number of carbonyl (C=O) groups is 2. The second kappa shape index (κ2) is 6.78. The van der Waals surface area contributed by atoms with Crippen molar-refractivity contribution in [1.29, 1.82) is 0 Å². The second-order valence-corrected chi connectivity index (χ2v) is 9.00. The van der Waals surface area contributed by atoms with Crippen LogP contribution >= 0.6 is 0 Å². The van der Waals surface area contributed by atoms with Crippen LogP contribution in [0.4, 0.5) is 4.79 Å². The quantitative estimate of drug-likeness (QED) is 0.787. The minimum atomic E-state index is -0.518. The maximum absolute atomic E-state index is 13.2. The Bertz CT molecular complexity index is 522. The van der Waals surface area contributed by atoms with Gasteiger partial charge in [-0.2, -0.15) is 0 Å². The van der Waals surface area contributed by atoms with Gasteiger partial charge in [-0.25, -0.2) is 4.79 Å². The number of piperidine rings is 1. The third-order valence-electron chi connectivity index (χ3n) is 5.88. The van der Waals surface area contributed by atoms with Crippen LogP contribution < -0.4 is 0 Å². The van der Waals surface area contributed by atoms with Crippen LogP contribution in [0.25, 0.3) is 0 Å². The molecular weight excluding hydrogens is 320 g/mol. The lowest BCUT2D eigenvalue weighted by atomic mass is 9.78. The maximum atomic E-state index is 13.2. The molecule has 25 heavy (non-hydrogen) atoms. The molecule has 1 saturated carbocycles. The predicted octanol–water partition coefficient (Wildman–Crippen LogP) is 2.54. The monoisotopic (exact) mass is 352 g/mol. The summed E-state index contributed by atoms with van der Waals surface area (Å²) >= 11 is 0. The van der Waals surface area contributed by atoms with Gasteiger partial charge >= 0.3 is 6.09 Å². The van der Waals surface area contributed by atoms with Gasteiger partial charge in [0, 0.05) is 25.7 Å². The smallest absolute Gasteiger partial charge is 0.410 e. The fourth-order valence-electron chi connectivity index (χ4n) is 4.56. The van der Waals surface area contributed by atoms with E-state index in [4.69, 9.17) is 4.74 Å². The summed E-state index contributed by atoms with van der Waals surface area (Å²) in [5, 5.41) is 9.70. The summed E-state index contributed by atoms with van der Waals surface area (Å²) in [4.78, 5) is 29.4. The van der Waals surface area contributed by atoms with Gasteiger partial charge in [0.2, 0.25) is 5.91 Å². The SMILES string of the molecule is CC(C)(C)OC(=O)N1CCCC2(CCN(C3CCC(O)CC3)C2=O)C1. The minimum absolute atomic E-state index is 0.208. The highest BCUT2D eigenvalue weighted by Gasteiger charge is 2.51. The standard InChI is InChI=1S/C19H32N2O4/c1-18(2,3)25-17(24)20-11-4-9-19(13-20)10-12-21(16(19)23)14-5-7-15(22)8-6-14/h14-15,22H,4-13H2,1-3H3. The van der Waals surface area contributed by atoms with Gasteiger partial charge in [-0.1, -0.05) is 0 Å². The molecule has 2 saturated heterocycles. The number of hydrogen-bond acceptors (Lipinski definition) is 4. The number of nitrogens with zero attached hydrogens (tertiary/aromatic N) is 2. The topological polar surface area (TPSA) is 70.1 Å². The summed E-state index contributed by atoms with van der Waals surface area (Å²) in [5.41, 5.74) is -0.943. The van der Waals surface area contributed by atoms with Crippen LogP contribution in [0, 0.1) is 5.41 Å². The normalized spacial score (nSPS) is 33.8. The van der Waals surface area contributed by atoms with Crippen molar-refractivity contribution in [3.05, 3.63) is 0 Å². The van der Waals surface area contributed by atoms with Gasteiger partial charge < -0.3 is 19.6 Å². The van der Waals surface area contributed by atoms with E-state index in [0.29, 0.717) is 13.1 Å². The molecule has 0 aromatic carbocycles. The Labute approximate surface area is 150 Å². The molecule has 1 unspecified atom stereocenters. The third kappa shape index (κ3) is 3.94. The highest BCUT2D eigenvalue weighted by atomic mass is 16.6. The molecule has 2 amide bonds. The van der Waals surface area contributed by atoms with Crippen LogP contribution in [0.2, 0.25) is 0 Å². The van der Waals surface area contributed by atoms with E-state index in [1.54, 1.807) is 4.90 Å². The molecular formula is C19H32N2O4. The molecule has 1 atom stereocenters. The summed E-state index contributed by atoms with van der Waals surface area (Å²) in [6, 6.07) is 0.257. The molecule has 6 heteroatoms. The largest absolute Gasteiger partial charge is 0.444 e. The molecule has 3 rings (SSSR count). The Morgan fingerprint density at radius 3 is 2.48 bits per heavy atom. The van der Waals surface area contributed by atoms with Crippen LogP contribution in [-0.4, -0.2) is 64.3 Å². The number of amides is 2. The first-order valence-corrected chi connectivity index (χ1v) is 9.67. The molecule has 0 aromatic heterocycles. The number of carbonyl (C=O) groups excluding carboxylic acids is 2. The number of aliphatic hydroxyl groups is 1. The fourth-order valence-corrected chi connectivity index (χ4v) is 4.56. The Morgan fingerprint density at radius 2 is 1.84 bits per heavy atom. The molecule has 6 nitrogen and oxygen atoms in total. The van der Waals surface area contributed by atoms with Gasteiger partial charge in [0.1, 0.15) is 5.60 Å². The van der Waals surface area contributed by atoms with E-state index in [1.807, 2.05) is 25.7 Å². The average Bonchev–Trinajstić information content (AvgIpc) is 2.83. The number of hydrogen-bond donors (Lipinski definition) is 1. The van der Waals surface area contributed by atoms with E-state index < -0.39 is 11.0 Å². The van der Waals surface area contributed by atoms with Gasteiger partial charge in [-0.3, -0.25) is 4.79 Å². The van der Waals surface area contributed by atoms with Gasteiger partial charge in [-0.05, 0) is 65.7 Å². The van der Waals surface area contributed by atoms with Crippen LogP contribution in [0.15, 0.2) is 0 Å². The molecule has 2 aliphatic heterocycles. The first kappa shape index (κ1) is 18.5. The zero-order valence-corrected chi connectivity index (χ0v) is 15.8. The zero-order valence-electron chi connectivity index (χ0n) is 15.8. The van der Waals surface area contributed by atoms with Gasteiger partial charge in [0.15, 0.2) is 0 Å². The molecule has 1 spiro atoms. The maximum Gasteiger partial charge on any atom is 0.410 e. The van der Waals surface area contributed by atoms with Crippen molar-refractivity contribution in [3.8, 4) is 0 Å². The molecule has 1 aliphatic carbocycles. The molecule has 3 fully saturated rings. The average molecular weight is 352 g/mol. The van der Waals surface area contributed by atoms with E-state index in [9.17, 15) is 14.7 Å². The molecule has 0 aromatic rings. The molecule has 1 N–H and O–H groups in total. The van der Waals surface area contributed by atoms with Crippen molar-refractivity contribution in [2.45, 2.75) is 83.5 Å². The highest BCUT2D eigenvalue weighted by Crippen LogP contribution is 2.42. The molecule has 3 aliphatic rings. The summed E-state index contributed by atoms with van der Waals surface area (Å²) in [7, 11) is 0. The number of likely N-dealkylation sites (tertiary alicyclic amines) is 2. The Kier molecular flexibility index (Phi) is 5.02. The Hall–Kier alpha value is -1.30. The third-order valence-corrected chi connectivity index (χ3v) is 5.88. The van der Waals surface area contributed by atoms with Crippen molar-refractivity contribution in [2.24, 2.45) is 5.41 Å². The summed E-state index contributed by atoms with van der Waals surface area (Å²) in [6.45, 7) is 7.52. The van der Waals surface area contributed by atoms with Crippen LogP contribution in [0.3, 0.4) is 0 Å². The number of aliphatic hydroxyl groups excluding tert-OH is 1. The summed E-state index contributed by atoms with van der Waals surface area (Å²) < 4.78 is 5.50. The number of ether oxygens (including phenoxy) is 1. The van der Waals surface area contributed by atoms with E-state index in [0.717, 1.165) is 51.5 Å². The van der Waals surface area contributed by atoms with Gasteiger partial charge in [-0.15, -0.1) is 0 Å². The van der Waals surface area contributed by atoms with E-state index >= 15 is 0 Å². The Balaban J connectivity index is 1.65.